The lowest BCUT2D eigenvalue weighted by molar-refractivity contribution is -0.133. The van der Waals surface area contributed by atoms with E-state index in [2.05, 4.69) is 32.3 Å². The van der Waals surface area contributed by atoms with Crippen LogP contribution in [0, 0.1) is 0 Å². The second kappa shape index (κ2) is 7.30. The normalized spacial score (nSPS) is 20.3. The van der Waals surface area contributed by atoms with E-state index in [-0.39, 0.29) is 11.5 Å². The summed E-state index contributed by atoms with van der Waals surface area (Å²) in [5, 5.41) is 7.97. The van der Waals surface area contributed by atoms with Crippen molar-refractivity contribution in [2.75, 3.05) is 38.5 Å². The van der Waals surface area contributed by atoms with Gasteiger partial charge in [0.15, 0.2) is 5.65 Å². The van der Waals surface area contributed by atoms with Gasteiger partial charge in [-0.3, -0.25) is 14.6 Å². The predicted molar refractivity (Wildman–Crippen MR) is 103 cm³/mol. The lowest BCUT2D eigenvalue weighted by atomic mass is 10.2. The quantitative estimate of drug-likeness (QED) is 0.823. The average molecular weight is 373 g/mol. The second-order valence-electron chi connectivity index (χ2n) is 7.67. The Balaban J connectivity index is 1.53. The van der Waals surface area contributed by atoms with Crippen LogP contribution in [-0.2, 0) is 4.79 Å². The predicted octanol–water partition coefficient (Wildman–Crippen LogP) is 0.809. The van der Waals surface area contributed by atoms with E-state index in [0.29, 0.717) is 23.0 Å². The molecule has 3 heterocycles. The first kappa shape index (κ1) is 18.0. The number of anilines is 1. The van der Waals surface area contributed by atoms with Gasteiger partial charge in [-0.05, 0) is 26.8 Å². The van der Waals surface area contributed by atoms with Crippen molar-refractivity contribution in [3.63, 3.8) is 0 Å². The summed E-state index contributed by atoms with van der Waals surface area (Å²) in [5.41, 5.74) is 0.360. The first-order chi connectivity index (χ1) is 13.0. The molecule has 0 radical (unpaired) electrons. The Labute approximate surface area is 157 Å². The molecule has 1 amide bonds. The van der Waals surface area contributed by atoms with Gasteiger partial charge in [-0.1, -0.05) is 12.8 Å². The number of nitrogens with zero attached hydrogens (tertiary/aromatic N) is 5. The highest BCUT2D eigenvalue weighted by Crippen LogP contribution is 2.30. The Hall–Kier alpha value is -2.42. The Kier molecular flexibility index (Phi) is 4.86. The molecule has 0 aromatic carbocycles. The van der Waals surface area contributed by atoms with Crippen molar-refractivity contribution in [3.8, 4) is 0 Å². The Bertz CT molecular complexity index is 875. The number of piperazine rings is 1. The van der Waals surface area contributed by atoms with Gasteiger partial charge in [-0.2, -0.15) is 10.1 Å². The minimum atomic E-state index is -0.461. The molecule has 0 unspecified atom stereocenters. The Morgan fingerprint density at radius 2 is 1.96 bits per heavy atom. The van der Waals surface area contributed by atoms with Gasteiger partial charge >= 0.3 is 0 Å². The zero-order valence-electron chi connectivity index (χ0n) is 15.9. The number of nitrogens with one attached hydrogen (secondary N) is 2. The van der Waals surface area contributed by atoms with E-state index in [1.807, 2.05) is 9.58 Å². The number of likely N-dealkylation sites (N-methyl/N-ethyl adjacent to an activating group) is 1. The molecule has 1 saturated heterocycles. The Morgan fingerprint density at radius 3 is 2.67 bits per heavy atom. The van der Waals surface area contributed by atoms with Crippen molar-refractivity contribution in [2.45, 2.75) is 44.7 Å². The summed E-state index contributed by atoms with van der Waals surface area (Å²) in [7, 11) is 2.06. The second-order valence-corrected chi connectivity index (χ2v) is 7.67. The van der Waals surface area contributed by atoms with Crippen molar-refractivity contribution < 1.29 is 4.79 Å². The van der Waals surface area contributed by atoms with E-state index < -0.39 is 6.04 Å². The van der Waals surface area contributed by atoms with Crippen LogP contribution in [0.2, 0.25) is 0 Å². The van der Waals surface area contributed by atoms with Crippen LogP contribution < -0.4 is 10.9 Å². The van der Waals surface area contributed by atoms with Crippen molar-refractivity contribution in [1.82, 2.24) is 29.5 Å². The molecule has 27 heavy (non-hydrogen) atoms. The van der Waals surface area contributed by atoms with Gasteiger partial charge in [-0.15, -0.1) is 0 Å². The lowest BCUT2D eigenvalue weighted by Gasteiger charge is -2.34. The first-order valence-corrected chi connectivity index (χ1v) is 9.74. The molecular formula is C18H27N7O2. The molecule has 1 saturated carbocycles. The highest BCUT2D eigenvalue weighted by atomic mass is 16.2. The van der Waals surface area contributed by atoms with E-state index in [0.717, 1.165) is 39.0 Å². The highest BCUT2D eigenvalue weighted by Gasteiger charge is 2.25. The van der Waals surface area contributed by atoms with Gasteiger partial charge in [-0.25, -0.2) is 4.68 Å². The van der Waals surface area contributed by atoms with E-state index in [1.54, 1.807) is 13.1 Å². The van der Waals surface area contributed by atoms with Crippen LogP contribution in [0.25, 0.3) is 11.0 Å². The topological polar surface area (TPSA) is 99.1 Å². The van der Waals surface area contributed by atoms with E-state index >= 15 is 0 Å². The first-order valence-electron chi connectivity index (χ1n) is 9.74. The molecule has 2 fully saturated rings. The third kappa shape index (κ3) is 3.55. The molecular weight excluding hydrogens is 346 g/mol. The summed E-state index contributed by atoms with van der Waals surface area (Å²) in [5.74, 6) is 0.345. The smallest absolute Gasteiger partial charge is 0.263 e. The number of aromatic amines is 1. The summed E-state index contributed by atoms with van der Waals surface area (Å²) in [6, 6.07) is -0.161. The maximum absolute atomic E-state index is 12.7. The monoisotopic (exact) mass is 373 g/mol. The molecule has 0 bridgehead atoms. The number of hydrogen-bond donors (Lipinski definition) is 2. The average Bonchev–Trinajstić information content (AvgIpc) is 3.31. The number of amides is 1. The third-order valence-electron chi connectivity index (χ3n) is 5.67. The zero-order chi connectivity index (χ0) is 19.0. The molecule has 9 heteroatoms. The van der Waals surface area contributed by atoms with E-state index in [9.17, 15) is 9.59 Å². The number of fused-ring (bicyclic) bond motifs is 1. The zero-order valence-corrected chi connectivity index (χ0v) is 15.9. The molecule has 146 valence electrons. The molecule has 0 spiro atoms. The van der Waals surface area contributed by atoms with E-state index in [1.165, 1.54) is 12.8 Å². The minimum absolute atomic E-state index is 0.0233. The van der Waals surface area contributed by atoms with Crippen LogP contribution in [0.5, 0.6) is 0 Å². The van der Waals surface area contributed by atoms with Gasteiger partial charge in [0.1, 0.15) is 11.4 Å². The van der Waals surface area contributed by atoms with E-state index in [4.69, 9.17) is 0 Å². The van der Waals surface area contributed by atoms with Gasteiger partial charge in [0.2, 0.25) is 11.9 Å². The standard InChI is InChI=1S/C18H27N7O2/c1-12(17(27)24-9-7-23(2)8-10-24)20-18-21-15-14(16(26)22-18)11-19-25(15)13-5-3-4-6-13/h11-13H,3-10H2,1-2H3,(H2,20,21,22,26)/t12-/m1/s1. The fraction of sp³-hybridized carbons (Fsp3) is 0.667. The van der Waals surface area contributed by atoms with Crippen LogP contribution in [0.3, 0.4) is 0 Å². The molecule has 1 aliphatic carbocycles. The highest BCUT2D eigenvalue weighted by molar-refractivity contribution is 5.84. The van der Waals surface area contributed by atoms with Gasteiger partial charge in [0.25, 0.3) is 5.56 Å². The SMILES string of the molecule is C[C@@H](Nc1nc2c(cnn2C2CCCC2)c(=O)[nH]1)C(=O)N1CCN(C)CC1. The number of rotatable bonds is 4. The number of carbonyl (C=O) groups excluding carboxylic acids is 1. The maximum Gasteiger partial charge on any atom is 0.263 e. The molecule has 9 nitrogen and oxygen atoms in total. The molecule has 2 aromatic heterocycles. The number of hydrogen-bond acceptors (Lipinski definition) is 6. The van der Waals surface area contributed by atoms with Crippen molar-refractivity contribution in [1.29, 1.82) is 0 Å². The summed E-state index contributed by atoms with van der Waals surface area (Å²) >= 11 is 0. The number of aromatic nitrogens is 4. The van der Waals surface area contributed by atoms with Crippen LogP contribution in [0.1, 0.15) is 38.6 Å². The maximum atomic E-state index is 12.7. The fourth-order valence-electron chi connectivity index (χ4n) is 3.99. The molecule has 4 rings (SSSR count). The van der Waals surface area contributed by atoms with Crippen molar-refractivity contribution >= 4 is 22.9 Å². The van der Waals surface area contributed by atoms with Crippen molar-refractivity contribution in [2.24, 2.45) is 0 Å². The third-order valence-corrected chi connectivity index (χ3v) is 5.67. The van der Waals surface area contributed by atoms with Crippen LogP contribution in [0.4, 0.5) is 5.95 Å². The largest absolute Gasteiger partial charge is 0.344 e. The van der Waals surface area contributed by atoms with Gasteiger partial charge in [0.05, 0.1) is 12.2 Å². The Morgan fingerprint density at radius 1 is 1.26 bits per heavy atom. The molecule has 1 aliphatic heterocycles. The van der Waals surface area contributed by atoms with Crippen LogP contribution >= 0.6 is 0 Å². The van der Waals surface area contributed by atoms with Crippen LogP contribution in [0.15, 0.2) is 11.0 Å². The van der Waals surface area contributed by atoms with Gasteiger partial charge < -0.3 is 15.1 Å². The number of H-pyrrole nitrogens is 1. The fourth-order valence-corrected chi connectivity index (χ4v) is 3.99. The van der Waals surface area contributed by atoms with Crippen molar-refractivity contribution in [3.05, 3.63) is 16.6 Å². The lowest BCUT2D eigenvalue weighted by Crippen LogP contribution is -2.51. The molecule has 1 atom stereocenters. The molecule has 2 N–H and O–H groups in total. The summed E-state index contributed by atoms with van der Waals surface area (Å²) in [6.07, 6.45) is 6.06. The summed E-state index contributed by atoms with van der Waals surface area (Å²) < 4.78 is 1.87. The molecule has 2 aromatic rings. The summed E-state index contributed by atoms with van der Waals surface area (Å²) in [6.45, 7) is 5.00. The number of carbonyl (C=O) groups is 1. The summed E-state index contributed by atoms with van der Waals surface area (Å²) in [4.78, 5) is 36.5. The van der Waals surface area contributed by atoms with Crippen LogP contribution in [-0.4, -0.2) is 74.7 Å². The molecule has 2 aliphatic rings. The minimum Gasteiger partial charge on any atom is -0.344 e. The van der Waals surface area contributed by atoms with Gasteiger partial charge in [0, 0.05) is 26.2 Å².